The van der Waals surface area contributed by atoms with Gasteiger partial charge in [0.05, 0.1) is 12.1 Å². The molecule has 29 heavy (non-hydrogen) atoms. The van der Waals surface area contributed by atoms with E-state index in [1.54, 1.807) is 13.1 Å². The number of rotatable bonds is 2. The highest BCUT2D eigenvalue weighted by Crippen LogP contribution is 2.29. The molecule has 0 saturated carbocycles. The van der Waals surface area contributed by atoms with Gasteiger partial charge in [-0.15, -0.1) is 24.0 Å². The van der Waals surface area contributed by atoms with Crippen molar-refractivity contribution in [1.29, 1.82) is 0 Å². The Balaban J connectivity index is 0.00000300. The average Bonchev–Trinajstić information content (AvgIpc) is 3.23. The van der Waals surface area contributed by atoms with E-state index < -0.39 is 11.7 Å². The van der Waals surface area contributed by atoms with Crippen LogP contribution in [0.4, 0.5) is 13.2 Å². The Hall–Kier alpha value is -2.29. The first-order valence-electron chi connectivity index (χ1n) is 8.94. The highest BCUT2D eigenvalue weighted by Gasteiger charge is 2.30. The number of nitrogens with zero attached hydrogens (tertiary/aromatic N) is 4. The smallest absolute Gasteiger partial charge is 0.345 e. The van der Waals surface area contributed by atoms with Gasteiger partial charge in [0.2, 0.25) is 0 Å². The lowest BCUT2D eigenvalue weighted by Crippen LogP contribution is -2.45. The summed E-state index contributed by atoms with van der Waals surface area (Å²) in [6.45, 7) is 1.95. The van der Waals surface area contributed by atoms with Gasteiger partial charge in [-0.25, -0.2) is 4.98 Å². The van der Waals surface area contributed by atoms with Crippen LogP contribution in [0.3, 0.4) is 0 Å². The van der Waals surface area contributed by atoms with Gasteiger partial charge in [0.1, 0.15) is 12.2 Å². The number of hydrogen-bond acceptors (Lipinski definition) is 3. The van der Waals surface area contributed by atoms with Crippen LogP contribution in [0, 0.1) is 11.8 Å². The molecule has 0 radical (unpaired) electrons. The van der Waals surface area contributed by atoms with Crippen LogP contribution < -0.4 is 5.32 Å². The lowest BCUT2D eigenvalue weighted by Gasteiger charge is -2.33. The number of aliphatic imine (C=N–C) groups is 1. The van der Waals surface area contributed by atoms with E-state index in [4.69, 9.17) is 0 Å². The molecular formula is C19H22F3IN6. The van der Waals surface area contributed by atoms with Crippen LogP contribution in [0.1, 0.15) is 35.7 Å². The molecule has 3 rings (SSSR count). The molecule has 2 N–H and O–H groups in total. The normalized spacial score (nSPS) is 15.3. The van der Waals surface area contributed by atoms with Crippen LogP contribution in [-0.4, -0.2) is 52.7 Å². The molecule has 1 saturated heterocycles. The van der Waals surface area contributed by atoms with Crippen molar-refractivity contribution in [3.63, 3.8) is 0 Å². The molecule has 0 unspecified atom stereocenters. The zero-order valence-electron chi connectivity index (χ0n) is 15.8. The summed E-state index contributed by atoms with van der Waals surface area (Å²) in [5.41, 5.74) is -0.364. The lowest BCUT2D eigenvalue weighted by molar-refractivity contribution is -0.137. The fourth-order valence-electron chi connectivity index (χ4n) is 3.15. The van der Waals surface area contributed by atoms with Crippen molar-refractivity contribution in [1.82, 2.24) is 25.4 Å². The van der Waals surface area contributed by atoms with Gasteiger partial charge in [-0.05, 0) is 31.0 Å². The summed E-state index contributed by atoms with van der Waals surface area (Å²) in [5.74, 6) is 7.62. The number of benzene rings is 1. The third-order valence-corrected chi connectivity index (χ3v) is 4.58. The molecule has 0 aliphatic carbocycles. The molecule has 0 atom stereocenters. The fraction of sp³-hybridized carbons (Fsp3) is 0.421. The van der Waals surface area contributed by atoms with E-state index in [9.17, 15) is 13.2 Å². The molecule has 0 spiro atoms. The largest absolute Gasteiger partial charge is 0.416 e. The van der Waals surface area contributed by atoms with E-state index in [1.807, 2.05) is 0 Å². The summed E-state index contributed by atoms with van der Waals surface area (Å²) in [4.78, 5) is 10.6. The minimum atomic E-state index is -4.37. The standard InChI is InChI=1S/C19H21F3N6.HI/c1-23-18(28-10-7-15(8-11-28)17-25-13-26-27-17)24-9-3-5-14-4-2-6-16(12-14)19(20,21)22;/h2,4,6,12-13,15H,7-11H2,1H3,(H,23,24)(H,25,26,27);1H. The quantitative estimate of drug-likeness (QED) is 0.277. The zero-order valence-corrected chi connectivity index (χ0v) is 18.2. The molecule has 2 heterocycles. The van der Waals surface area contributed by atoms with Gasteiger partial charge >= 0.3 is 6.18 Å². The lowest BCUT2D eigenvalue weighted by atomic mass is 9.96. The van der Waals surface area contributed by atoms with Crippen LogP contribution in [0.25, 0.3) is 0 Å². The second kappa shape index (κ2) is 10.5. The highest BCUT2D eigenvalue weighted by atomic mass is 127. The van der Waals surface area contributed by atoms with Crippen LogP contribution in [0.15, 0.2) is 35.6 Å². The summed E-state index contributed by atoms with van der Waals surface area (Å²) in [6, 6.07) is 5.01. The van der Waals surface area contributed by atoms with Crippen molar-refractivity contribution in [2.45, 2.75) is 24.9 Å². The minimum Gasteiger partial charge on any atom is -0.345 e. The fourth-order valence-corrected chi connectivity index (χ4v) is 3.15. The predicted molar refractivity (Wildman–Crippen MR) is 115 cm³/mol. The summed E-state index contributed by atoms with van der Waals surface area (Å²) < 4.78 is 38.2. The zero-order chi connectivity index (χ0) is 20.0. The topological polar surface area (TPSA) is 69.2 Å². The second-order valence-corrected chi connectivity index (χ2v) is 6.41. The van der Waals surface area contributed by atoms with Gasteiger partial charge in [0, 0.05) is 31.6 Å². The van der Waals surface area contributed by atoms with Gasteiger partial charge in [0.15, 0.2) is 5.96 Å². The summed E-state index contributed by atoms with van der Waals surface area (Å²) in [5, 5.41) is 9.97. The third-order valence-electron chi connectivity index (χ3n) is 4.58. The average molecular weight is 518 g/mol. The first kappa shape index (κ1) is 23.0. The van der Waals surface area contributed by atoms with Crippen molar-refractivity contribution in [3.8, 4) is 11.8 Å². The molecule has 10 heteroatoms. The Morgan fingerprint density at radius 3 is 2.72 bits per heavy atom. The number of piperidine rings is 1. The number of guanidine groups is 1. The van der Waals surface area contributed by atoms with Gasteiger partial charge in [-0.2, -0.15) is 18.3 Å². The molecule has 156 valence electrons. The monoisotopic (exact) mass is 518 g/mol. The maximum Gasteiger partial charge on any atom is 0.416 e. The Labute approximate surface area is 184 Å². The predicted octanol–water partition coefficient (Wildman–Crippen LogP) is 3.25. The van der Waals surface area contributed by atoms with E-state index in [0.29, 0.717) is 18.0 Å². The highest BCUT2D eigenvalue weighted by molar-refractivity contribution is 14.0. The molecule has 6 nitrogen and oxygen atoms in total. The number of H-pyrrole nitrogens is 1. The summed E-state index contributed by atoms with van der Waals surface area (Å²) in [6.07, 6.45) is -0.974. The van der Waals surface area contributed by atoms with E-state index in [0.717, 1.165) is 49.8 Å². The van der Waals surface area contributed by atoms with E-state index in [1.165, 1.54) is 12.4 Å². The summed E-state index contributed by atoms with van der Waals surface area (Å²) >= 11 is 0. The van der Waals surface area contributed by atoms with Crippen molar-refractivity contribution < 1.29 is 13.2 Å². The van der Waals surface area contributed by atoms with Crippen molar-refractivity contribution in [2.75, 3.05) is 26.7 Å². The van der Waals surface area contributed by atoms with Gasteiger partial charge < -0.3 is 10.2 Å². The number of hydrogen-bond donors (Lipinski definition) is 2. The molecule has 2 aromatic rings. The van der Waals surface area contributed by atoms with Crippen LogP contribution in [-0.2, 0) is 6.18 Å². The minimum absolute atomic E-state index is 0. The van der Waals surface area contributed by atoms with Crippen molar-refractivity contribution in [2.24, 2.45) is 4.99 Å². The first-order valence-corrected chi connectivity index (χ1v) is 8.94. The molecule has 0 amide bonds. The number of aromatic amines is 1. The van der Waals surface area contributed by atoms with Crippen LogP contribution in [0.2, 0.25) is 0 Å². The van der Waals surface area contributed by atoms with Crippen molar-refractivity contribution >= 4 is 29.9 Å². The number of alkyl halides is 3. The maximum absolute atomic E-state index is 12.7. The van der Waals surface area contributed by atoms with E-state index in [-0.39, 0.29) is 24.0 Å². The molecule has 1 aromatic carbocycles. The van der Waals surface area contributed by atoms with Gasteiger partial charge in [-0.1, -0.05) is 17.9 Å². The molecule has 1 aliphatic rings. The SMILES string of the molecule is CN=C(NCC#Cc1cccc(C(F)(F)F)c1)N1CCC(c2ncn[nH]2)CC1.I. The number of aromatic nitrogens is 3. The van der Waals surface area contributed by atoms with Gasteiger partial charge in [0.25, 0.3) is 0 Å². The number of likely N-dealkylation sites (tertiary alicyclic amines) is 1. The maximum atomic E-state index is 12.7. The summed E-state index contributed by atoms with van der Waals surface area (Å²) in [7, 11) is 1.70. The Morgan fingerprint density at radius 2 is 2.10 bits per heavy atom. The Morgan fingerprint density at radius 1 is 1.34 bits per heavy atom. The van der Waals surface area contributed by atoms with Crippen molar-refractivity contribution in [3.05, 3.63) is 47.5 Å². The van der Waals surface area contributed by atoms with E-state index in [2.05, 4.69) is 42.2 Å². The molecule has 1 aromatic heterocycles. The first-order chi connectivity index (χ1) is 13.5. The van der Waals surface area contributed by atoms with Gasteiger partial charge in [-0.3, -0.25) is 10.1 Å². The third kappa shape index (κ3) is 6.35. The molecule has 0 bridgehead atoms. The second-order valence-electron chi connectivity index (χ2n) is 6.41. The molecule has 1 aliphatic heterocycles. The number of nitrogens with one attached hydrogen (secondary N) is 2. The van der Waals surface area contributed by atoms with Crippen LogP contribution in [0.5, 0.6) is 0 Å². The van der Waals surface area contributed by atoms with E-state index >= 15 is 0 Å². The molecule has 1 fully saturated rings. The van der Waals surface area contributed by atoms with Crippen LogP contribution >= 0.6 is 24.0 Å². The number of halogens is 4. The molecular weight excluding hydrogens is 496 g/mol. The Bertz CT molecular complexity index is 862. The Kier molecular flexibility index (Phi) is 8.31.